The van der Waals surface area contributed by atoms with Gasteiger partial charge in [-0.1, -0.05) is 45.1 Å². The fraction of sp³-hybridized carbons (Fsp3) is 0.545. The average Bonchev–Trinajstić information content (AvgIpc) is 2.63. The molecule has 0 amide bonds. The fourth-order valence-electron chi connectivity index (χ4n) is 1.46. The Morgan fingerprint density at radius 3 is 2.62 bits per heavy atom. The molecule has 2 unspecified atom stereocenters. The molecule has 1 aliphatic carbocycles. The minimum Gasteiger partial charge on any atom is -0.365 e. The molecule has 0 saturated heterocycles. The fourth-order valence-corrected chi connectivity index (χ4v) is 1.46. The Bertz CT molecular complexity index is 238. The molecule has 2 rings (SSSR count). The first-order chi connectivity index (χ1) is 6.40. The molecular weight excluding hydrogens is 160 g/mol. The molecule has 2 nitrogen and oxygen atoms in total. The number of aliphatic imine (C=N–C) groups is 1. The predicted octanol–water partition coefficient (Wildman–Crippen LogP) is 2.29. The average molecular weight is 178 g/mol. The van der Waals surface area contributed by atoms with E-state index in [2.05, 4.69) is 41.5 Å². The van der Waals surface area contributed by atoms with Crippen LogP contribution in [-0.2, 0) is 0 Å². The van der Waals surface area contributed by atoms with E-state index in [4.69, 9.17) is 0 Å². The van der Waals surface area contributed by atoms with Gasteiger partial charge < -0.3 is 5.32 Å². The first-order valence-corrected chi connectivity index (χ1v) is 5.08. The number of hydrogen-bond donors (Lipinski definition) is 1. The van der Waals surface area contributed by atoms with Gasteiger partial charge in [-0.2, -0.15) is 0 Å². The van der Waals surface area contributed by atoms with Crippen LogP contribution in [-0.4, -0.2) is 17.9 Å². The molecule has 2 heteroatoms. The summed E-state index contributed by atoms with van der Waals surface area (Å²) < 4.78 is 0. The second-order valence-electron chi connectivity index (χ2n) is 2.86. The minimum absolute atomic E-state index is 0.356. The van der Waals surface area contributed by atoms with Crippen molar-refractivity contribution >= 4 is 5.84 Å². The molecule has 1 N–H and O–H groups in total. The molecular formula is C11H18N2. The summed E-state index contributed by atoms with van der Waals surface area (Å²) in [5.74, 6) is 1.14. The number of rotatable bonds is 1. The maximum Gasteiger partial charge on any atom is 0.0974 e. The summed E-state index contributed by atoms with van der Waals surface area (Å²) in [4.78, 5) is 4.50. The summed E-state index contributed by atoms with van der Waals surface area (Å²) in [5, 5.41) is 3.35. The Morgan fingerprint density at radius 2 is 2.00 bits per heavy atom. The van der Waals surface area contributed by atoms with Gasteiger partial charge in [0.1, 0.15) is 0 Å². The number of allylic oxidation sites excluding steroid dienone is 2. The molecule has 0 spiro atoms. The third-order valence-electron chi connectivity index (χ3n) is 2.08. The van der Waals surface area contributed by atoms with Crippen LogP contribution in [0.3, 0.4) is 0 Å². The second kappa shape index (κ2) is 4.85. The number of fused-ring (bicyclic) bond motifs is 1. The standard InChI is InChI=1S/C9H12N2.C2H6/c1-2-9-10-7-5-3-4-6-8(7)11-9;1-2/h3-8H,2H2,1H3,(H,10,11);1-2H3. The van der Waals surface area contributed by atoms with Crippen LogP contribution in [0, 0.1) is 0 Å². The molecule has 13 heavy (non-hydrogen) atoms. The maximum absolute atomic E-state index is 4.50. The van der Waals surface area contributed by atoms with E-state index in [9.17, 15) is 0 Å². The van der Waals surface area contributed by atoms with E-state index < -0.39 is 0 Å². The highest BCUT2D eigenvalue weighted by molar-refractivity contribution is 5.85. The van der Waals surface area contributed by atoms with Crippen molar-refractivity contribution in [2.75, 3.05) is 0 Å². The molecule has 1 heterocycles. The molecule has 0 bridgehead atoms. The van der Waals surface area contributed by atoms with Crippen LogP contribution in [0.15, 0.2) is 29.3 Å². The van der Waals surface area contributed by atoms with Crippen molar-refractivity contribution in [2.24, 2.45) is 4.99 Å². The number of hydrogen-bond acceptors (Lipinski definition) is 2. The summed E-state index contributed by atoms with van der Waals surface area (Å²) in [5.41, 5.74) is 0. The summed E-state index contributed by atoms with van der Waals surface area (Å²) in [7, 11) is 0. The Labute approximate surface area is 80.4 Å². The van der Waals surface area contributed by atoms with Crippen molar-refractivity contribution < 1.29 is 0 Å². The van der Waals surface area contributed by atoms with Gasteiger partial charge in [0, 0.05) is 6.42 Å². The van der Waals surface area contributed by atoms with Crippen LogP contribution in [0.2, 0.25) is 0 Å². The molecule has 0 saturated carbocycles. The molecule has 2 aliphatic rings. The molecule has 0 aromatic carbocycles. The van der Waals surface area contributed by atoms with Crippen molar-refractivity contribution in [1.82, 2.24) is 5.32 Å². The zero-order valence-electron chi connectivity index (χ0n) is 8.62. The molecule has 1 aliphatic heterocycles. The van der Waals surface area contributed by atoms with Gasteiger partial charge in [0.05, 0.1) is 17.9 Å². The highest BCUT2D eigenvalue weighted by Crippen LogP contribution is 2.14. The zero-order chi connectivity index (χ0) is 9.68. The Kier molecular flexibility index (Phi) is 3.74. The van der Waals surface area contributed by atoms with Gasteiger partial charge in [0.25, 0.3) is 0 Å². The maximum atomic E-state index is 4.50. The molecule has 2 atom stereocenters. The van der Waals surface area contributed by atoms with E-state index in [-0.39, 0.29) is 0 Å². The van der Waals surface area contributed by atoms with Gasteiger partial charge in [0.2, 0.25) is 0 Å². The Balaban J connectivity index is 0.000000396. The van der Waals surface area contributed by atoms with Crippen molar-refractivity contribution in [1.29, 1.82) is 0 Å². The topological polar surface area (TPSA) is 24.4 Å². The van der Waals surface area contributed by atoms with Crippen LogP contribution in [0.25, 0.3) is 0 Å². The van der Waals surface area contributed by atoms with Crippen LogP contribution < -0.4 is 5.32 Å². The van der Waals surface area contributed by atoms with Gasteiger partial charge >= 0.3 is 0 Å². The lowest BCUT2D eigenvalue weighted by Crippen LogP contribution is -2.32. The molecule has 72 valence electrons. The van der Waals surface area contributed by atoms with E-state index in [0.29, 0.717) is 12.1 Å². The predicted molar refractivity (Wildman–Crippen MR) is 58.1 cm³/mol. The molecule has 0 fully saturated rings. The lowest BCUT2D eigenvalue weighted by atomic mass is 10.1. The van der Waals surface area contributed by atoms with E-state index in [1.807, 2.05) is 13.8 Å². The molecule has 0 aromatic rings. The number of amidine groups is 1. The van der Waals surface area contributed by atoms with Gasteiger partial charge in [-0.05, 0) is 0 Å². The van der Waals surface area contributed by atoms with Crippen molar-refractivity contribution in [2.45, 2.75) is 39.3 Å². The number of nitrogens with one attached hydrogen (secondary N) is 1. The Hall–Kier alpha value is -1.05. The van der Waals surface area contributed by atoms with Crippen LogP contribution >= 0.6 is 0 Å². The van der Waals surface area contributed by atoms with Gasteiger partial charge in [0.15, 0.2) is 0 Å². The highest BCUT2D eigenvalue weighted by atomic mass is 15.1. The minimum atomic E-state index is 0.356. The quantitative estimate of drug-likeness (QED) is 0.654. The van der Waals surface area contributed by atoms with E-state index >= 15 is 0 Å². The molecule has 0 radical (unpaired) electrons. The first kappa shape index (κ1) is 10.0. The summed E-state index contributed by atoms with van der Waals surface area (Å²) in [6, 6.07) is 0.782. The summed E-state index contributed by atoms with van der Waals surface area (Å²) >= 11 is 0. The SMILES string of the molecule is CC.CCC1=NC2C=CC=CC2N1. The van der Waals surface area contributed by atoms with Crippen molar-refractivity contribution in [3.63, 3.8) is 0 Å². The van der Waals surface area contributed by atoms with Crippen LogP contribution in [0.4, 0.5) is 0 Å². The van der Waals surface area contributed by atoms with Crippen molar-refractivity contribution in [3.05, 3.63) is 24.3 Å². The van der Waals surface area contributed by atoms with Gasteiger partial charge in [-0.3, -0.25) is 4.99 Å². The monoisotopic (exact) mass is 178 g/mol. The van der Waals surface area contributed by atoms with E-state index in [1.54, 1.807) is 0 Å². The Morgan fingerprint density at radius 1 is 1.31 bits per heavy atom. The normalized spacial score (nSPS) is 28.4. The largest absolute Gasteiger partial charge is 0.365 e. The molecule has 0 aromatic heterocycles. The first-order valence-electron chi connectivity index (χ1n) is 5.08. The lowest BCUT2D eigenvalue weighted by Gasteiger charge is -2.13. The van der Waals surface area contributed by atoms with E-state index in [0.717, 1.165) is 12.3 Å². The van der Waals surface area contributed by atoms with Crippen molar-refractivity contribution in [3.8, 4) is 0 Å². The van der Waals surface area contributed by atoms with E-state index in [1.165, 1.54) is 0 Å². The third-order valence-corrected chi connectivity index (χ3v) is 2.08. The van der Waals surface area contributed by atoms with Gasteiger partial charge in [-0.15, -0.1) is 0 Å². The number of nitrogens with zero attached hydrogens (tertiary/aromatic N) is 1. The third kappa shape index (κ3) is 2.20. The smallest absolute Gasteiger partial charge is 0.0974 e. The van der Waals surface area contributed by atoms with Gasteiger partial charge in [-0.25, -0.2) is 0 Å². The van der Waals surface area contributed by atoms with Crippen LogP contribution in [0.1, 0.15) is 27.2 Å². The summed E-state index contributed by atoms with van der Waals surface area (Å²) in [6.07, 6.45) is 9.44. The highest BCUT2D eigenvalue weighted by Gasteiger charge is 2.23. The second-order valence-corrected chi connectivity index (χ2v) is 2.86. The zero-order valence-corrected chi connectivity index (χ0v) is 8.62. The summed E-state index contributed by atoms with van der Waals surface area (Å²) in [6.45, 7) is 6.12. The van der Waals surface area contributed by atoms with Crippen LogP contribution in [0.5, 0.6) is 0 Å². The lowest BCUT2D eigenvalue weighted by molar-refractivity contribution is 0.693.